The normalized spacial score (nSPS) is 39.1. The van der Waals surface area contributed by atoms with Crippen LogP contribution in [0, 0.1) is 11.8 Å². The average molecular weight is 178 g/mol. The van der Waals surface area contributed by atoms with Crippen molar-refractivity contribution in [2.45, 2.75) is 39.2 Å². The van der Waals surface area contributed by atoms with Crippen molar-refractivity contribution in [2.24, 2.45) is 11.8 Å². The van der Waals surface area contributed by atoms with Gasteiger partial charge in [0.25, 0.3) is 0 Å². The standard InChI is InChI=1S/C12H18O/c1-8-4-5-11-9(2)7-10(3)13-12(11)6-8/h7-8,11-12H,3-6H2,1-2H3. The fourth-order valence-electron chi connectivity index (χ4n) is 2.57. The first-order valence-corrected chi connectivity index (χ1v) is 5.20. The Morgan fingerprint density at radius 2 is 2.23 bits per heavy atom. The average Bonchev–Trinajstić information content (AvgIpc) is 2.02. The summed E-state index contributed by atoms with van der Waals surface area (Å²) in [4.78, 5) is 0. The molecule has 0 aromatic carbocycles. The van der Waals surface area contributed by atoms with Gasteiger partial charge in [-0.2, -0.15) is 0 Å². The summed E-state index contributed by atoms with van der Waals surface area (Å²) >= 11 is 0. The van der Waals surface area contributed by atoms with E-state index >= 15 is 0 Å². The summed E-state index contributed by atoms with van der Waals surface area (Å²) in [7, 11) is 0. The van der Waals surface area contributed by atoms with Gasteiger partial charge in [0.15, 0.2) is 0 Å². The molecule has 72 valence electrons. The van der Waals surface area contributed by atoms with Gasteiger partial charge in [0, 0.05) is 5.92 Å². The molecule has 1 aliphatic carbocycles. The molecule has 2 rings (SSSR count). The molecule has 1 nitrogen and oxygen atoms in total. The topological polar surface area (TPSA) is 9.23 Å². The van der Waals surface area contributed by atoms with Crippen LogP contribution in [0.5, 0.6) is 0 Å². The van der Waals surface area contributed by atoms with Crippen LogP contribution in [0.3, 0.4) is 0 Å². The molecule has 2 aliphatic rings. The second-order valence-corrected chi connectivity index (χ2v) is 4.54. The van der Waals surface area contributed by atoms with E-state index in [1.54, 1.807) is 0 Å². The predicted octanol–water partition coefficient (Wildman–Crippen LogP) is 3.28. The highest BCUT2D eigenvalue weighted by Crippen LogP contribution is 2.39. The maximum Gasteiger partial charge on any atom is 0.112 e. The van der Waals surface area contributed by atoms with Gasteiger partial charge in [-0.1, -0.05) is 19.1 Å². The molecule has 0 radical (unpaired) electrons. The van der Waals surface area contributed by atoms with Gasteiger partial charge >= 0.3 is 0 Å². The number of fused-ring (bicyclic) bond motifs is 1. The van der Waals surface area contributed by atoms with Crippen molar-refractivity contribution >= 4 is 0 Å². The molecule has 1 heterocycles. The Morgan fingerprint density at radius 3 is 3.00 bits per heavy atom. The molecular formula is C12H18O. The molecule has 1 heteroatoms. The van der Waals surface area contributed by atoms with Crippen molar-refractivity contribution in [1.82, 2.24) is 0 Å². The number of allylic oxidation sites excluding steroid dienone is 1. The fourth-order valence-corrected chi connectivity index (χ4v) is 2.57. The van der Waals surface area contributed by atoms with Crippen LogP contribution < -0.4 is 0 Å². The van der Waals surface area contributed by atoms with Gasteiger partial charge in [0.1, 0.15) is 11.9 Å². The van der Waals surface area contributed by atoms with Crippen LogP contribution >= 0.6 is 0 Å². The second kappa shape index (κ2) is 3.21. The van der Waals surface area contributed by atoms with Crippen molar-refractivity contribution in [3.63, 3.8) is 0 Å². The first-order valence-electron chi connectivity index (χ1n) is 5.20. The van der Waals surface area contributed by atoms with Crippen LogP contribution in [-0.2, 0) is 4.74 Å². The molecule has 0 saturated heterocycles. The molecule has 0 aromatic heterocycles. The lowest BCUT2D eigenvalue weighted by Gasteiger charge is -2.38. The number of hydrogen-bond acceptors (Lipinski definition) is 1. The van der Waals surface area contributed by atoms with Gasteiger partial charge in [-0.15, -0.1) is 0 Å². The molecule has 13 heavy (non-hydrogen) atoms. The molecule has 0 amide bonds. The van der Waals surface area contributed by atoms with Crippen molar-refractivity contribution in [3.8, 4) is 0 Å². The molecule has 0 spiro atoms. The molecule has 0 bridgehead atoms. The van der Waals surface area contributed by atoms with E-state index in [-0.39, 0.29) is 0 Å². The first-order chi connectivity index (χ1) is 6.16. The van der Waals surface area contributed by atoms with Gasteiger partial charge in [-0.25, -0.2) is 0 Å². The lowest BCUT2D eigenvalue weighted by atomic mass is 9.76. The minimum atomic E-state index is 0.418. The maximum absolute atomic E-state index is 5.76. The molecule has 1 fully saturated rings. The number of ether oxygens (including phenoxy) is 1. The molecule has 3 unspecified atom stereocenters. The Hall–Kier alpha value is -0.720. The van der Waals surface area contributed by atoms with Crippen molar-refractivity contribution in [2.75, 3.05) is 0 Å². The Morgan fingerprint density at radius 1 is 1.46 bits per heavy atom. The molecule has 3 atom stereocenters. The highest BCUT2D eigenvalue weighted by atomic mass is 16.5. The van der Waals surface area contributed by atoms with Crippen LogP contribution in [0.2, 0.25) is 0 Å². The van der Waals surface area contributed by atoms with E-state index < -0.39 is 0 Å². The van der Waals surface area contributed by atoms with Gasteiger partial charge in [0.05, 0.1) is 0 Å². The Bertz CT molecular complexity index is 252. The summed E-state index contributed by atoms with van der Waals surface area (Å²) in [6.45, 7) is 8.41. The molecule has 0 N–H and O–H groups in total. The third-order valence-corrected chi connectivity index (χ3v) is 3.33. The van der Waals surface area contributed by atoms with Crippen molar-refractivity contribution in [3.05, 3.63) is 24.0 Å². The van der Waals surface area contributed by atoms with Crippen LogP contribution in [-0.4, -0.2) is 6.10 Å². The number of hydrogen-bond donors (Lipinski definition) is 0. The smallest absolute Gasteiger partial charge is 0.112 e. The van der Waals surface area contributed by atoms with Crippen LogP contribution in [0.25, 0.3) is 0 Å². The largest absolute Gasteiger partial charge is 0.490 e. The SMILES string of the molecule is C=C1C=C(C)C2CCC(C)CC2O1. The van der Waals surface area contributed by atoms with E-state index in [4.69, 9.17) is 4.74 Å². The quantitative estimate of drug-likeness (QED) is 0.553. The Balaban J connectivity index is 2.17. The van der Waals surface area contributed by atoms with Gasteiger partial charge in [0.2, 0.25) is 0 Å². The van der Waals surface area contributed by atoms with Crippen LogP contribution in [0.4, 0.5) is 0 Å². The third-order valence-electron chi connectivity index (χ3n) is 3.33. The zero-order valence-corrected chi connectivity index (χ0v) is 8.55. The Labute approximate surface area is 80.5 Å². The summed E-state index contributed by atoms with van der Waals surface area (Å²) in [5, 5.41) is 0. The van der Waals surface area contributed by atoms with Crippen molar-refractivity contribution in [1.29, 1.82) is 0 Å². The summed E-state index contributed by atoms with van der Waals surface area (Å²) in [6.07, 6.45) is 6.36. The fraction of sp³-hybridized carbons (Fsp3) is 0.667. The highest BCUT2D eigenvalue weighted by molar-refractivity contribution is 5.22. The molecule has 1 saturated carbocycles. The lowest BCUT2D eigenvalue weighted by Crippen LogP contribution is -2.33. The molecular weight excluding hydrogens is 160 g/mol. The Kier molecular flexibility index (Phi) is 2.19. The van der Waals surface area contributed by atoms with Gasteiger partial charge in [-0.05, 0) is 38.2 Å². The van der Waals surface area contributed by atoms with E-state index in [9.17, 15) is 0 Å². The van der Waals surface area contributed by atoms with E-state index in [2.05, 4.69) is 26.5 Å². The van der Waals surface area contributed by atoms with Crippen LogP contribution in [0.15, 0.2) is 24.0 Å². The van der Waals surface area contributed by atoms with Crippen molar-refractivity contribution < 1.29 is 4.74 Å². The first kappa shape index (κ1) is 8.86. The zero-order valence-electron chi connectivity index (χ0n) is 8.55. The van der Waals surface area contributed by atoms with E-state index in [1.165, 1.54) is 24.8 Å². The maximum atomic E-state index is 5.76. The third kappa shape index (κ3) is 1.65. The van der Waals surface area contributed by atoms with Crippen LogP contribution in [0.1, 0.15) is 33.1 Å². The summed E-state index contributed by atoms with van der Waals surface area (Å²) in [5.74, 6) is 2.34. The number of rotatable bonds is 0. The summed E-state index contributed by atoms with van der Waals surface area (Å²) in [6, 6.07) is 0. The van der Waals surface area contributed by atoms with Gasteiger partial charge < -0.3 is 4.74 Å². The van der Waals surface area contributed by atoms with E-state index in [1.807, 2.05) is 0 Å². The lowest BCUT2D eigenvalue weighted by molar-refractivity contribution is 0.0278. The minimum absolute atomic E-state index is 0.418. The van der Waals surface area contributed by atoms with Gasteiger partial charge in [-0.3, -0.25) is 0 Å². The van der Waals surface area contributed by atoms with E-state index in [0.717, 1.165) is 11.7 Å². The minimum Gasteiger partial charge on any atom is -0.490 e. The highest BCUT2D eigenvalue weighted by Gasteiger charge is 2.33. The molecule has 0 aromatic rings. The van der Waals surface area contributed by atoms with E-state index in [0.29, 0.717) is 12.0 Å². The molecule has 1 aliphatic heterocycles. The predicted molar refractivity (Wildman–Crippen MR) is 54.3 cm³/mol. The summed E-state index contributed by atoms with van der Waals surface area (Å²) in [5.41, 5.74) is 1.47. The second-order valence-electron chi connectivity index (χ2n) is 4.54. The summed E-state index contributed by atoms with van der Waals surface area (Å²) < 4.78 is 5.76. The zero-order chi connectivity index (χ0) is 9.42. The monoisotopic (exact) mass is 178 g/mol.